The van der Waals surface area contributed by atoms with Crippen LogP contribution < -0.4 is 0 Å². The lowest BCUT2D eigenvalue weighted by molar-refractivity contribution is -0.150. The summed E-state index contributed by atoms with van der Waals surface area (Å²) in [6, 6.07) is 0. The van der Waals surface area contributed by atoms with Crippen molar-refractivity contribution in [3.8, 4) is 0 Å². The zero-order valence-electron chi connectivity index (χ0n) is 10.6. The van der Waals surface area contributed by atoms with E-state index in [9.17, 15) is 9.59 Å². The molecule has 0 aromatic rings. The fourth-order valence-electron chi connectivity index (χ4n) is 1.02. The molecule has 1 heterocycles. The van der Waals surface area contributed by atoms with Gasteiger partial charge in [0.05, 0.1) is 0 Å². The normalized spacial score (nSPS) is 11.8. The summed E-state index contributed by atoms with van der Waals surface area (Å²) < 4.78 is 3.97. The summed E-state index contributed by atoms with van der Waals surface area (Å²) >= 11 is 0. The zero-order valence-corrected chi connectivity index (χ0v) is 10.6. The molecule has 0 fully saturated rings. The highest BCUT2D eigenvalue weighted by Gasteiger charge is 2.10. The van der Waals surface area contributed by atoms with Gasteiger partial charge in [0, 0.05) is 12.2 Å². The lowest BCUT2D eigenvalue weighted by atomic mass is 10.2. The minimum atomic E-state index is -0.579. The highest BCUT2D eigenvalue weighted by molar-refractivity contribution is 6.04. The molecule has 3 heteroatoms. The first-order valence-electron chi connectivity index (χ1n) is 5.75. The molecule has 0 aliphatic carbocycles. The summed E-state index contributed by atoms with van der Waals surface area (Å²) in [7, 11) is 0. The lowest BCUT2D eigenvalue weighted by Gasteiger charge is -1.91. The SMILES string of the molecule is C=C.C=CCCCCCC.O=C1C=CC(=O)O1. The molecule has 0 radical (unpaired) electrons. The van der Waals surface area contributed by atoms with Crippen LogP contribution in [0.1, 0.15) is 39.0 Å². The third kappa shape index (κ3) is 14.4. The fraction of sp³-hybridized carbons (Fsp3) is 0.429. The third-order valence-corrected chi connectivity index (χ3v) is 1.82. The van der Waals surface area contributed by atoms with Gasteiger partial charge in [-0.1, -0.05) is 32.3 Å². The maximum absolute atomic E-state index is 9.92. The average Bonchev–Trinajstić information content (AvgIpc) is 2.72. The van der Waals surface area contributed by atoms with Gasteiger partial charge in [-0.3, -0.25) is 0 Å². The largest absolute Gasteiger partial charge is 0.387 e. The standard InChI is InChI=1S/C8H16.C4H2O3.C2H4/c1-3-5-7-8-6-4-2;5-3-1-2-4(6)7-3;1-2/h3H,1,4-8H2,2H3;1-2H;1-2H2. The van der Waals surface area contributed by atoms with E-state index in [0.717, 1.165) is 12.2 Å². The molecular formula is C14H22O3. The number of hydrogen-bond acceptors (Lipinski definition) is 3. The molecule has 0 saturated carbocycles. The van der Waals surface area contributed by atoms with E-state index in [1.807, 2.05) is 6.08 Å². The average molecular weight is 238 g/mol. The summed E-state index contributed by atoms with van der Waals surface area (Å²) in [6.07, 6.45) is 10.8. The van der Waals surface area contributed by atoms with Crippen LogP contribution in [-0.4, -0.2) is 11.9 Å². The molecule has 1 rings (SSSR count). The highest BCUT2D eigenvalue weighted by Crippen LogP contribution is 2.01. The van der Waals surface area contributed by atoms with Crippen molar-refractivity contribution in [3.63, 3.8) is 0 Å². The van der Waals surface area contributed by atoms with Gasteiger partial charge < -0.3 is 4.74 Å². The molecule has 0 amide bonds. The number of cyclic esters (lactones) is 2. The first-order valence-corrected chi connectivity index (χ1v) is 5.75. The molecular weight excluding hydrogens is 216 g/mol. The van der Waals surface area contributed by atoms with Crippen LogP contribution in [0.3, 0.4) is 0 Å². The van der Waals surface area contributed by atoms with Crippen molar-refractivity contribution in [2.24, 2.45) is 0 Å². The Morgan fingerprint density at radius 3 is 1.94 bits per heavy atom. The molecule has 1 aliphatic heterocycles. The van der Waals surface area contributed by atoms with E-state index in [4.69, 9.17) is 0 Å². The lowest BCUT2D eigenvalue weighted by Crippen LogP contribution is -1.96. The van der Waals surface area contributed by atoms with Crippen molar-refractivity contribution >= 4 is 11.9 Å². The summed E-state index contributed by atoms with van der Waals surface area (Å²) in [5.74, 6) is -1.16. The van der Waals surface area contributed by atoms with Gasteiger partial charge in [-0.25, -0.2) is 9.59 Å². The first-order chi connectivity index (χ1) is 8.20. The maximum atomic E-state index is 9.92. The molecule has 17 heavy (non-hydrogen) atoms. The number of rotatable bonds is 5. The number of unbranched alkanes of at least 4 members (excludes halogenated alkanes) is 4. The second-order valence-electron chi connectivity index (χ2n) is 3.21. The monoisotopic (exact) mass is 238 g/mol. The first kappa shape index (κ1) is 17.7. The fourth-order valence-corrected chi connectivity index (χ4v) is 1.02. The molecule has 0 unspecified atom stereocenters. The van der Waals surface area contributed by atoms with E-state index in [1.165, 1.54) is 32.1 Å². The number of esters is 2. The Balaban J connectivity index is 0. The van der Waals surface area contributed by atoms with E-state index in [-0.39, 0.29) is 0 Å². The maximum Gasteiger partial charge on any atom is 0.338 e. The Labute approximate surface area is 104 Å². The van der Waals surface area contributed by atoms with Crippen molar-refractivity contribution in [3.05, 3.63) is 38.0 Å². The quantitative estimate of drug-likeness (QED) is 0.318. The van der Waals surface area contributed by atoms with Crippen molar-refractivity contribution < 1.29 is 14.3 Å². The van der Waals surface area contributed by atoms with Gasteiger partial charge in [0.2, 0.25) is 0 Å². The summed E-state index contributed by atoms with van der Waals surface area (Å²) in [4.78, 5) is 19.8. The van der Waals surface area contributed by atoms with Crippen LogP contribution in [0, 0.1) is 0 Å². The van der Waals surface area contributed by atoms with Crippen molar-refractivity contribution in [2.45, 2.75) is 39.0 Å². The van der Waals surface area contributed by atoms with Crippen LogP contribution in [0.2, 0.25) is 0 Å². The Kier molecular flexibility index (Phi) is 15.0. The van der Waals surface area contributed by atoms with Gasteiger partial charge in [0.25, 0.3) is 0 Å². The second kappa shape index (κ2) is 14.4. The summed E-state index contributed by atoms with van der Waals surface area (Å²) in [6.45, 7) is 11.9. The molecule has 96 valence electrons. The molecule has 0 atom stereocenters. The molecule has 1 aliphatic rings. The molecule has 0 bridgehead atoms. The van der Waals surface area contributed by atoms with Crippen LogP contribution in [-0.2, 0) is 14.3 Å². The Bertz CT molecular complexity index is 238. The smallest absolute Gasteiger partial charge is 0.338 e. The third-order valence-electron chi connectivity index (χ3n) is 1.82. The number of ether oxygens (including phenoxy) is 1. The molecule has 0 N–H and O–H groups in total. The number of carbonyl (C=O) groups is 2. The molecule has 0 aromatic carbocycles. The van der Waals surface area contributed by atoms with E-state index < -0.39 is 11.9 Å². The van der Waals surface area contributed by atoms with E-state index in [2.05, 4.69) is 31.4 Å². The van der Waals surface area contributed by atoms with Crippen LogP contribution in [0.15, 0.2) is 38.0 Å². The van der Waals surface area contributed by atoms with E-state index in [0.29, 0.717) is 0 Å². The molecule has 0 aromatic heterocycles. The predicted octanol–water partition coefficient (Wildman–Crippen LogP) is 3.57. The number of carbonyl (C=O) groups excluding carboxylic acids is 2. The van der Waals surface area contributed by atoms with Crippen molar-refractivity contribution in [2.75, 3.05) is 0 Å². The molecule has 0 saturated heterocycles. The van der Waals surface area contributed by atoms with Crippen LogP contribution in [0.5, 0.6) is 0 Å². The predicted molar refractivity (Wildman–Crippen MR) is 70.4 cm³/mol. The molecule has 3 nitrogen and oxygen atoms in total. The van der Waals surface area contributed by atoms with Crippen LogP contribution in [0.25, 0.3) is 0 Å². The van der Waals surface area contributed by atoms with Gasteiger partial charge in [0.1, 0.15) is 0 Å². The van der Waals surface area contributed by atoms with Gasteiger partial charge in [0.15, 0.2) is 0 Å². The molecule has 0 spiro atoms. The van der Waals surface area contributed by atoms with E-state index >= 15 is 0 Å². The topological polar surface area (TPSA) is 43.4 Å². The van der Waals surface area contributed by atoms with Crippen LogP contribution >= 0.6 is 0 Å². The van der Waals surface area contributed by atoms with Crippen LogP contribution in [0.4, 0.5) is 0 Å². The van der Waals surface area contributed by atoms with Crippen molar-refractivity contribution in [1.29, 1.82) is 0 Å². The second-order valence-corrected chi connectivity index (χ2v) is 3.21. The van der Waals surface area contributed by atoms with Gasteiger partial charge in [-0.15, -0.1) is 19.7 Å². The minimum absolute atomic E-state index is 0.579. The zero-order chi connectivity index (χ0) is 13.5. The Morgan fingerprint density at radius 2 is 1.65 bits per heavy atom. The Morgan fingerprint density at radius 1 is 1.12 bits per heavy atom. The van der Waals surface area contributed by atoms with Gasteiger partial charge in [-0.2, -0.15) is 0 Å². The Hall–Kier alpha value is -1.64. The van der Waals surface area contributed by atoms with E-state index in [1.54, 1.807) is 0 Å². The highest BCUT2D eigenvalue weighted by atomic mass is 16.6. The summed E-state index contributed by atoms with van der Waals surface area (Å²) in [5.41, 5.74) is 0. The van der Waals surface area contributed by atoms with Gasteiger partial charge >= 0.3 is 11.9 Å². The van der Waals surface area contributed by atoms with Gasteiger partial charge in [-0.05, 0) is 12.8 Å². The summed E-state index contributed by atoms with van der Waals surface area (Å²) in [5, 5.41) is 0. The number of hydrogen-bond donors (Lipinski definition) is 0. The van der Waals surface area contributed by atoms with Crippen molar-refractivity contribution in [1.82, 2.24) is 0 Å². The minimum Gasteiger partial charge on any atom is -0.387 e. The number of allylic oxidation sites excluding steroid dienone is 1.